The summed E-state index contributed by atoms with van der Waals surface area (Å²) in [5, 5.41) is 0.561. The molecule has 102 valence electrons. The minimum Gasteiger partial charge on any atom is -0.493 e. The molecule has 0 saturated heterocycles. The number of hydrogen-bond acceptors (Lipinski definition) is 4. The average Bonchev–Trinajstić information content (AvgIpc) is 3.17. The summed E-state index contributed by atoms with van der Waals surface area (Å²) in [7, 11) is 3.17. The molecule has 1 aliphatic rings. The molecule has 0 spiro atoms. The van der Waals surface area contributed by atoms with Crippen LogP contribution >= 0.6 is 11.6 Å². The number of nitrogens with zero attached hydrogens (tertiary/aromatic N) is 1. The van der Waals surface area contributed by atoms with Crippen molar-refractivity contribution in [1.82, 2.24) is 0 Å². The Labute approximate surface area is 117 Å². The molecule has 0 aliphatic heterocycles. The van der Waals surface area contributed by atoms with Crippen molar-refractivity contribution in [2.24, 2.45) is 4.99 Å². The van der Waals surface area contributed by atoms with Gasteiger partial charge in [0.15, 0.2) is 11.5 Å². The van der Waals surface area contributed by atoms with Crippen molar-refractivity contribution >= 4 is 17.7 Å². The highest BCUT2D eigenvalue weighted by molar-refractivity contribution is 6.32. The highest BCUT2D eigenvalue weighted by atomic mass is 35.5. The molecule has 1 aromatic carbocycles. The van der Waals surface area contributed by atoms with Gasteiger partial charge in [0.1, 0.15) is 5.54 Å². The molecule has 1 aromatic rings. The summed E-state index contributed by atoms with van der Waals surface area (Å²) in [6.45, 7) is 2.01. The standard InChI is InChI=1S/C14H16ClNO3/c1-4-9-12(14(5-6-14)16-8-17)10(15)7-11(18-2)13(9)19-3/h7H,4-6H2,1-3H3. The molecule has 0 N–H and O–H groups in total. The molecule has 0 amide bonds. The fourth-order valence-corrected chi connectivity index (χ4v) is 2.89. The van der Waals surface area contributed by atoms with Crippen molar-refractivity contribution in [3.8, 4) is 11.5 Å². The van der Waals surface area contributed by atoms with E-state index >= 15 is 0 Å². The third-order valence-corrected chi connectivity index (χ3v) is 3.82. The lowest BCUT2D eigenvalue weighted by Gasteiger charge is -2.20. The van der Waals surface area contributed by atoms with Crippen LogP contribution in [-0.2, 0) is 16.8 Å². The van der Waals surface area contributed by atoms with Gasteiger partial charge in [0, 0.05) is 17.2 Å². The lowest BCUT2D eigenvalue weighted by Crippen LogP contribution is -2.10. The summed E-state index contributed by atoms with van der Waals surface area (Å²) in [6, 6.07) is 1.72. The Hall–Kier alpha value is -1.51. The van der Waals surface area contributed by atoms with Crippen molar-refractivity contribution < 1.29 is 14.3 Å². The fraction of sp³-hybridized carbons (Fsp3) is 0.500. The van der Waals surface area contributed by atoms with Crippen LogP contribution in [0.3, 0.4) is 0 Å². The van der Waals surface area contributed by atoms with Gasteiger partial charge in [-0.25, -0.2) is 4.79 Å². The van der Waals surface area contributed by atoms with Crippen LogP contribution in [0.4, 0.5) is 0 Å². The normalized spacial score (nSPS) is 15.6. The van der Waals surface area contributed by atoms with Gasteiger partial charge in [0.05, 0.1) is 19.2 Å². The maximum Gasteiger partial charge on any atom is 0.235 e. The van der Waals surface area contributed by atoms with Gasteiger partial charge in [-0.15, -0.1) is 0 Å². The molecule has 0 radical (unpaired) electrons. The zero-order chi connectivity index (χ0) is 14.0. The van der Waals surface area contributed by atoms with Crippen molar-refractivity contribution in [1.29, 1.82) is 0 Å². The van der Waals surface area contributed by atoms with E-state index < -0.39 is 5.54 Å². The van der Waals surface area contributed by atoms with Crippen molar-refractivity contribution in [3.63, 3.8) is 0 Å². The predicted molar refractivity (Wildman–Crippen MR) is 73.0 cm³/mol. The molecular formula is C14H16ClNO3. The van der Waals surface area contributed by atoms with Crippen LogP contribution in [0.2, 0.25) is 5.02 Å². The smallest absolute Gasteiger partial charge is 0.235 e. The number of rotatable bonds is 5. The van der Waals surface area contributed by atoms with E-state index in [1.54, 1.807) is 26.4 Å². The highest BCUT2D eigenvalue weighted by Gasteiger charge is 2.48. The molecule has 0 heterocycles. The van der Waals surface area contributed by atoms with Gasteiger partial charge < -0.3 is 9.47 Å². The Morgan fingerprint density at radius 3 is 2.53 bits per heavy atom. The topological polar surface area (TPSA) is 47.9 Å². The molecule has 1 fully saturated rings. The van der Waals surface area contributed by atoms with Crippen LogP contribution in [0, 0.1) is 0 Å². The van der Waals surface area contributed by atoms with Crippen molar-refractivity contribution in [2.75, 3.05) is 14.2 Å². The molecule has 1 saturated carbocycles. The van der Waals surface area contributed by atoms with E-state index in [2.05, 4.69) is 4.99 Å². The molecule has 0 aromatic heterocycles. The molecule has 2 rings (SSSR count). The van der Waals surface area contributed by atoms with Gasteiger partial charge in [-0.3, -0.25) is 0 Å². The first-order valence-corrected chi connectivity index (χ1v) is 6.54. The Morgan fingerprint density at radius 1 is 1.42 bits per heavy atom. The number of ether oxygens (including phenoxy) is 2. The fourth-order valence-electron chi connectivity index (χ4n) is 2.50. The zero-order valence-electron chi connectivity index (χ0n) is 11.2. The molecule has 1 aliphatic carbocycles. The van der Waals surface area contributed by atoms with E-state index in [1.807, 2.05) is 6.92 Å². The number of hydrogen-bond donors (Lipinski definition) is 0. The zero-order valence-corrected chi connectivity index (χ0v) is 12.0. The second-order valence-corrected chi connectivity index (χ2v) is 4.94. The lowest BCUT2D eigenvalue weighted by molar-refractivity contribution is 0.351. The third kappa shape index (κ3) is 2.22. The molecule has 0 bridgehead atoms. The minimum atomic E-state index is -0.510. The van der Waals surface area contributed by atoms with E-state index in [9.17, 15) is 4.79 Å². The highest BCUT2D eigenvalue weighted by Crippen LogP contribution is 2.55. The molecule has 0 atom stereocenters. The van der Waals surface area contributed by atoms with Gasteiger partial charge in [-0.1, -0.05) is 18.5 Å². The Bertz CT molecular complexity index is 546. The molecule has 5 heteroatoms. The molecule has 19 heavy (non-hydrogen) atoms. The lowest BCUT2D eigenvalue weighted by atomic mass is 9.95. The first kappa shape index (κ1) is 13.9. The number of benzene rings is 1. The van der Waals surface area contributed by atoms with Crippen LogP contribution in [0.15, 0.2) is 11.1 Å². The summed E-state index contributed by atoms with van der Waals surface area (Å²) in [4.78, 5) is 14.6. The Morgan fingerprint density at radius 2 is 2.11 bits per heavy atom. The maximum absolute atomic E-state index is 10.6. The van der Waals surface area contributed by atoms with Crippen molar-refractivity contribution in [2.45, 2.75) is 31.7 Å². The number of isocyanates is 1. The van der Waals surface area contributed by atoms with Gasteiger partial charge in [-0.2, -0.15) is 4.99 Å². The summed E-state index contributed by atoms with van der Waals surface area (Å²) >= 11 is 6.36. The van der Waals surface area contributed by atoms with Crippen molar-refractivity contribution in [3.05, 3.63) is 22.2 Å². The summed E-state index contributed by atoms with van der Waals surface area (Å²) in [5.41, 5.74) is 1.31. The van der Waals surface area contributed by atoms with E-state index in [-0.39, 0.29) is 0 Å². The third-order valence-electron chi connectivity index (χ3n) is 3.52. The summed E-state index contributed by atoms with van der Waals surface area (Å²) < 4.78 is 10.7. The molecular weight excluding hydrogens is 266 g/mol. The quantitative estimate of drug-likeness (QED) is 0.615. The van der Waals surface area contributed by atoms with Crippen LogP contribution in [0.5, 0.6) is 11.5 Å². The Balaban J connectivity index is 2.70. The van der Waals surface area contributed by atoms with E-state index in [0.29, 0.717) is 16.5 Å². The minimum absolute atomic E-state index is 0.510. The van der Waals surface area contributed by atoms with E-state index in [4.69, 9.17) is 21.1 Å². The molecule has 0 unspecified atom stereocenters. The van der Waals surface area contributed by atoms with E-state index in [0.717, 1.165) is 30.4 Å². The summed E-state index contributed by atoms with van der Waals surface area (Å²) in [6.07, 6.45) is 4.01. The van der Waals surface area contributed by atoms with Crippen LogP contribution in [0.25, 0.3) is 0 Å². The van der Waals surface area contributed by atoms with Gasteiger partial charge >= 0.3 is 0 Å². The monoisotopic (exact) mass is 281 g/mol. The average molecular weight is 282 g/mol. The predicted octanol–water partition coefficient (Wildman–Crippen LogP) is 3.24. The van der Waals surface area contributed by atoms with Crippen LogP contribution < -0.4 is 9.47 Å². The first-order chi connectivity index (χ1) is 9.13. The Kier molecular flexibility index (Phi) is 3.83. The largest absolute Gasteiger partial charge is 0.493 e. The maximum atomic E-state index is 10.6. The van der Waals surface area contributed by atoms with Crippen LogP contribution in [0.1, 0.15) is 30.9 Å². The van der Waals surface area contributed by atoms with Gasteiger partial charge in [-0.05, 0) is 19.3 Å². The SMILES string of the molecule is CCc1c(OC)c(OC)cc(Cl)c1C1(N=C=O)CC1. The van der Waals surface area contributed by atoms with Crippen LogP contribution in [-0.4, -0.2) is 20.3 Å². The second-order valence-electron chi connectivity index (χ2n) is 4.54. The van der Waals surface area contributed by atoms with Gasteiger partial charge in [0.25, 0.3) is 0 Å². The number of methoxy groups -OCH3 is 2. The van der Waals surface area contributed by atoms with E-state index in [1.165, 1.54) is 0 Å². The van der Waals surface area contributed by atoms with Gasteiger partial charge in [0.2, 0.25) is 6.08 Å². The first-order valence-electron chi connectivity index (χ1n) is 6.16. The number of halogens is 1. The number of aliphatic imine (C=N–C) groups is 1. The second kappa shape index (κ2) is 5.24. The number of carbonyl (C=O) groups excluding carboxylic acids is 1. The summed E-state index contributed by atoms with van der Waals surface area (Å²) in [5.74, 6) is 1.26. The molecule has 4 nitrogen and oxygen atoms in total.